The molecule has 0 aliphatic carbocycles. The number of aromatic nitrogens is 1. The zero-order valence-electron chi connectivity index (χ0n) is 15.3. The van der Waals surface area contributed by atoms with Crippen molar-refractivity contribution in [1.82, 2.24) is 4.98 Å². The van der Waals surface area contributed by atoms with Gasteiger partial charge in [-0.05, 0) is 49.8 Å². The van der Waals surface area contributed by atoms with Gasteiger partial charge in [0.15, 0.2) is 0 Å². The first kappa shape index (κ1) is 20.4. The Kier molecular flexibility index (Phi) is 11.7. The molecule has 0 bridgehead atoms. The molecule has 1 amide bonds. The number of nitrogens with two attached hydrogens (primary N) is 1. The number of rotatable bonds is 14. The minimum absolute atomic E-state index is 0.170. The number of nitrogens with zero attached hydrogens (tertiary/aromatic N) is 1. The van der Waals surface area contributed by atoms with Crippen LogP contribution in [0.4, 0.5) is 0 Å². The molecule has 1 rings (SSSR count). The summed E-state index contributed by atoms with van der Waals surface area (Å²) in [7, 11) is 0. The van der Waals surface area contributed by atoms with Crippen LogP contribution in [0.5, 0.6) is 0 Å². The first-order valence-electron chi connectivity index (χ1n) is 9.60. The molecule has 0 saturated heterocycles. The SMILES string of the molecule is CCCCCC/C=C\CCCCCCC(C(N)=O)c1ccncc1. The van der Waals surface area contributed by atoms with Crippen LogP contribution < -0.4 is 5.73 Å². The van der Waals surface area contributed by atoms with Crippen molar-refractivity contribution in [1.29, 1.82) is 0 Å². The van der Waals surface area contributed by atoms with Gasteiger partial charge in [0.25, 0.3) is 0 Å². The molecule has 3 nitrogen and oxygen atoms in total. The standard InChI is InChI=1S/C21H34N2O/c1-2-3-4-5-6-7-8-9-10-11-12-13-14-20(21(22)24)19-15-17-23-18-16-19/h7-8,15-18,20H,2-6,9-14H2,1H3,(H2,22,24)/b8-7-. The minimum atomic E-state index is -0.229. The van der Waals surface area contributed by atoms with Gasteiger partial charge in [0.2, 0.25) is 5.91 Å². The van der Waals surface area contributed by atoms with Crippen molar-refractivity contribution in [2.45, 2.75) is 83.5 Å². The van der Waals surface area contributed by atoms with Crippen molar-refractivity contribution in [3.8, 4) is 0 Å². The van der Waals surface area contributed by atoms with Crippen LogP contribution in [0, 0.1) is 0 Å². The summed E-state index contributed by atoms with van der Waals surface area (Å²) < 4.78 is 0. The van der Waals surface area contributed by atoms with Gasteiger partial charge in [-0.1, -0.05) is 57.6 Å². The Hall–Kier alpha value is -1.64. The molecular weight excluding hydrogens is 296 g/mol. The molecule has 2 N–H and O–H groups in total. The Morgan fingerprint density at radius 3 is 2.17 bits per heavy atom. The lowest BCUT2D eigenvalue weighted by Crippen LogP contribution is -2.21. The average Bonchev–Trinajstić information content (AvgIpc) is 2.59. The molecule has 24 heavy (non-hydrogen) atoms. The van der Waals surface area contributed by atoms with Gasteiger partial charge < -0.3 is 5.73 Å². The fraction of sp³-hybridized carbons (Fsp3) is 0.619. The highest BCUT2D eigenvalue weighted by Crippen LogP contribution is 2.22. The molecule has 0 spiro atoms. The van der Waals surface area contributed by atoms with E-state index >= 15 is 0 Å². The number of hydrogen-bond donors (Lipinski definition) is 1. The smallest absolute Gasteiger partial charge is 0.224 e. The molecule has 0 aliphatic heterocycles. The molecule has 1 unspecified atom stereocenters. The van der Waals surface area contributed by atoms with E-state index in [1.807, 2.05) is 12.1 Å². The highest BCUT2D eigenvalue weighted by molar-refractivity contribution is 5.81. The van der Waals surface area contributed by atoms with Crippen LogP contribution in [-0.2, 0) is 4.79 Å². The zero-order chi connectivity index (χ0) is 17.5. The largest absolute Gasteiger partial charge is 0.369 e. The lowest BCUT2D eigenvalue weighted by Gasteiger charge is -2.13. The van der Waals surface area contributed by atoms with E-state index in [9.17, 15) is 4.79 Å². The summed E-state index contributed by atoms with van der Waals surface area (Å²) in [5, 5.41) is 0. The second-order valence-electron chi connectivity index (χ2n) is 6.55. The van der Waals surface area contributed by atoms with Crippen molar-refractivity contribution in [2.75, 3.05) is 0 Å². The van der Waals surface area contributed by atoms with Gasteiger partial charge >= 0.3 is 0 Å². The van der Waals surface area contributed by atoms with E-state index in [-0.39, 0.29) is 11.8 Å². The number of allylic oxidation sites excluding steroid dienone is 2. The van der Waals surface area contributed by atoms with Crippen molar-refractivity contribution >= 4 is 5.91 Å². The molecule has 0 fully saturated rings. The Morgan fingerprint density at radius 1 is 1.00 bits per heavy atom. The van der Waals surface area contributed by atoms with Crippen LogP contribution in [0.1, 0.15) is 89.0 Å². The quantitative estimate of drug-likeness (QED) is 0.361. The monoisotopic (exact) mass is 330 g/mol. The van der Waals surface area contributed by atoms with E-state index < -0.39 is 0 Å². The number of hydrogen-bond acceptors (Lipinski definition) is 2. The fourth-order valence-corrected chi connectivity index (χ4v) is 2.96. The third kappa shape index (κ3) is 9.49. The Bertz CT molecular complexity index is 456. The molecular formula is C21H34N2O. The van der Waals surface area contributed by atoms with Crippen molar-refractivity contribution in [3.05, 3.63) is 42.2 Å². The summed E-state index contributed by atoms with van der Waals surface area (Å²) in [4.78, 5) is 15.6. The molecule has 0 aliphatic rings. The second kappa shape index (κ2) is 13.8. The molecule has 1 aromatic heterocycles. The van der Waals surface area contributed by atoms with Gasteiger partial charge in [-0.15, -0.1) is 0 Å². The minimum Gasteiger partial charge on any atom is -0.369 e. The molecule has 1 heterocycles. The van der Waals surface area contributed by atoms with Crippen molar-refractivity contribution in [2.24, 2.45) is 5.73 Å². The van der Waals surface area contributed by atoms with E-state index in [0.29, 0.717) is 0 Å². The van der Waals surface area contributed by atoms with Crippen LogP contribution in [0.25, 0.3) is 0 Å². The molecule has 0 aromatic carbocycles. The molecule has 3 heteroatoms. The third-order valence-corrected chi connectivity index (χ3v) is 4.46. The highest BCUT2D eigenvalue weighted by Gasteiger charge is 2.16. The Labute approximate surface area is 147 Å². The summed E-state index contributed by atoms with van der Waals surface area (Å²) in [5.74, 6) is -0.400. The maximum Gasteiger partial charge on any atom is 0.224 e. The highest BCUT2D eigenvalue weighted by atomic mass is 16.1. The summed E-state index contributed by atoms with van der Waals surface area (Å²) in [6.45, 7) is 2.25. The topological polar surface area (TPSA) is 56.0 Å². The number of carbonyl (C=O) groups excluding carboxylic acids is 1. The van der Waals surface area contributed by atoms with E-state index in [4.69, 9.17) is 5.73 Å². The second-order valence-corrected chi connectivity index (χ2v) is 6.55. The van der Waals surface area contributed by atoms with Gasteiger partial charge in [-0.25, -0.2) is 0 Å². The Balaban J connectivity index is 2.06. The van der Waals surface area contributed by atoms with Crippen LogP contribution in [0.2, 0.25) is 0 Å². The van der Waals surface area contributed by atoms with Gasteiger partial charge in [0, 0.05) is 12.4 Å². The zero-order valence-corrected chi connectivity index (χ0v) is 15.3. The van der Waals surface area contributed by atoms with E-state index in [1.54, 1.807) is 12.4 Å². The number of primary amides is 1. The predicted molar refractivity (Wildman–Crippen MR) is 102 cm³/mol. The predicted octanol–water partition coefficient (Wildman–Crippen LogP) is 5.52. The average molecular weight is 331 g/mol. The lowest BCUT2D eigenvalue weighted by molar-refractivity contribution is -0.119. The number of amides is 1. The van der Waals surface area contributed by atoms with Gasteiger partial charge in [0.1, 0.15) is 0 Å². The normalized spacial score (nSPS) is 12.5. The number of pyridine rings is 1. The number of unbranched alkanes of at least 4 members (excludes halogenated alkanes) is 8. The summed E-state index contributed by atoms with van der Waals surface area (Å²) in [6, 6.07) is 3.78. The van der Waals surface area contributed by atoms with Gasteiger partial charge in [0.05, 0.1) is 5.92 Å². The number of carbonyl (C=O) groups is 1. The van der Waals surface area contributed by atoms with Crippen molar-refractivity contribution < 1.29 is 4.79 Å². The van der Waals surface area contributed by atoms with Crippen LogP contribution in [0.3, 0.4) is 0 Å². The van der Waals surface area contributed by atoms with E-state index in [2.05, 4.69) is 24.1 Å². The summed E-state index contributed by atoms with van der Waals surface area (Å²) in [6.07, 6.45) is 21.4. The molecule has 1 atom stereocenters. The van der Waals surface area contributed by atoms with Crippen LogP contribution in [-0.4, -0.2) is 10.9 Å². The first-order chi connectivity index (χ1) is 11.8. The maximum atomic E-state index is 11.6. The maximum absolute atomic E-state index is 11.6. The summed E-state index contributed by atoms with van der Waals surface area (Å²) >= 11 is 0. The van der Waals surface area contributed by atoms with Crippen LogP contribution in [0.15, 0.2) is 36.7 Å². The van der Waals surface area contributed by atoms with Gasteiger partial charge in [-0.3, -0.25) is 9.78 Å². The van der Waals surface area contributed by atoms with E-state index in [1.165, 1.54) is 57.8 Å². The Morgan fingerprint density at radius 2 is 1.58 bits per heavy atom. The molecule has 0 radical (unpaired) electrons. The summed E-state index contributed by atoms with van der Waals surface area (Å²) in [5.41, 5.74) is 6.53. The molecule has 1 aromatic rings. The van der Waals surface area contributed by atoms with Crippen molar-refractivity contribution in [3.63, 3.8) is 0 Å². The molecule has 134 valence electrons. The van der Waals surface area contributed by atoms with Gasteiger partial charge in [-0.2, -0.15) is 0 Å². The third-order valence-electron chi connectivity index (χ3n) is 4.46. The van der Waals surface area contributed by atoms with Crippen LogP contribution >= 0.6 is 0 Å². The fourth-order valence-electron chi connectivity index (χ4n) is 2.96. The lowest BCUT2D eigenvalue weighted by atomic mass is 9.93. The first-order valence-corrected chi connectivity index (χ1v) is 9.60. The van der Waals surface area contributed by atoms with E-state index in [0.717, 1.165) is 18.4 Å². The molecule has 0 saturated carbocycles.